The van der Waals surface area contributed by atoms with Crippen molar-refractivity contribution in [3.63, 3.8) is 0 Å². The largest absolute Gasteiger partial charge is 0.338 e. The lowest BCUT2D eigenvalue weighted by Crippen LogP contribution is -1.91. The van der Waals surface area contributed by atoms with E-state index in [4.69, 9.17) is 0 Å². The second-order valence-corrected chi connectivity index (χ2v) is 5.46. The van der Waals surface area contributed by atoms with Gasteiger partial charge in [-0.2, -0.15) is 0 Å². The first-order chi connectivity index (χ1) is 11.7. The van der Waals surface area contributed by atoms with Crippen molar-refractivity contribution < 1.29 is 4.92 Å². The first kappa shape index (κ1) is 14.1. The van der Waals surface area contributed by atoms with Crippen LogP contribution in [0.2, 0.25) is 0 Å². The summed E-state index contributed by atoms with van der Waals surface area (Å²) in [5, 5.41) is 11.2. The summed E-state index contributed by atoms with van der Waals surface area (Å²) in [4.78, 5) is 18.7. The molecule has 0 aliphatic heterocycles. The smallest absolute Gasteiger partial charge is 0.277 e. The molecule has 0 unspecified atom stereocenters. The number of imidazole rings is 1. The molecular weight excluding hydrogens is 302 g/mol. The monoisotopic (exact) mass is 315 g/mol. The lowest BCUT2D eigenvalue weighted by atomic mass is 10.0. The molecule has 1 heterocycles. The number of aromatic amines is 1. The first-order valence-corrected chi connectivity index (χ1v) is 7.51. The first-order valence-electron chi connectivity index (χ1n) is 7.51. The Balaban J connectivity index is 1.84. The van der Waals surface area contributed by atoms with E-state index in [1.807, 2.05) is 48.5 Å². The molecule has 0 saturated heterocycles. The van der Waals surface area contributed by atoms with E-state index in [2.05, 4.69) is 9.97 Å². The molecule has 24 heavy (non-hydrogen) atoms. The molecule has 1 N–H and O–H groups in total. The van der Waals surface area contributed by atoms with Crippen molar-refractivity contribution in [3.8, 4) is 22.5 Å². The van der Waals surface area contributed by atoms with E-state index in [1.54, 1.807) is 18.2 Å². The lowest BCUT2D eigenvalue weighted by Gasteiger charge is -2.02. The van der Waals surface area contributed by atoms with Gasteiger partial charge in [-0.25, -0.2) is 4.98 Å². The number of hydrogen-bond donors (Lipinski definition) is 1. The van der Waals surface area contributed by atoms with Gasteiger partial charge in [0.2, 0.25) is 0 Å². The highest BCUT2D eigenvalue weighted by Crippen LogP contribution is 2.31. The molecule has 0 aliphatic carbocycles. The average molecular weight is 315 g/mol. The summed E-state index contributed by atoms with van der Waals surface area (Å²) in [5.41, 5.74) is 4.17. The van der Waals surface area contributed by atoms with Crippen molar-refractivity contribution in [2.45, 2.75) is 0 Å². The average Bonchev–Trinajstić information content (AvgIpc) is 3.05. The highest BCUT2D eigenvalue weighted by molar-refractivity contribution is 5.86. The summed E-state index contributed by atoms with van der Waals surface area (Å²) in [6.07, 6.45) is 0. The van der Waals surface area contributed by atoms with Gasteiger partial charge in [0.1, 0.15) is 5.82 Å². The third-order valence-corrected chi connectivity index (χ3v) is 3.94. The van der Waals surface area contributed by atoms with Crippen LogP contribution in [0.3, 0.4) is 0 Å². The molecule has 0 radical (unpaired) electrons. The highest BCUT2D eigenvalue weighted by Gasteiger charge is 2.15. The van der Waals surface area contributed by atoms with Crippen molar-refractivity contribution in [2.75, 3.05) is 0 Å². The van der Waals surface area contributed by atoms with Crippen LogP contribution in [-0.2, 0) is 0 Å². The third-order valence-electron chi connectivity index (χ3n) is 3.94. The number of nitro groups is 1. The van der Waals surface area contributed by atoms with Crippen LogP contribution >= 0.6 is 0 Å². The molecule has 5 heteroatoms. The molecule has 116 valence electrons. The number of H-pyrrole nitrogens is 1. The van der Waals surface area contributed by atoms with Gasteiger partial charge < -0.3 is 4.98 Å². The molecule has 0 saturated carbocycles. The van der Waals surface area contributed by atoms with Gasteiger partial charge in [-0.1, -0.05) is 48.5 Å². The second-order valence-electron chi connectivity index (χ2n) is 5.46. The SMILES string of the molecule is O=[N+]([O-])c1ccccc1-c1ccc2nc(-c3ccccc3)[nH]c2c1. The normalized spacial score (nSPS) is 10.8. The fraction of sp³-hybridized carbons (Fsp3) is 0. The Bertz CT molecular complexity index is 1040. The highest BCUT2D eigenvalue weighted by atomic mass is 16.6. The van der Waals surface area contributed by atoms with E-state index in [-0.39, 0.29) is 10.6 Å². The minimum Gasteiger partial charge on any atom is -0.338 e. The van der Waals surface area contributed by atoms with Crippen molar-refractivity contribution in [2.24, 2.45) is 0 Å². The fourth-order valence-corrected chi connectivity index (χ4v) is 2.79. The Kier molecular flexibility index (Phi) is 3.31. The van der Waals surface area contributed by atoms with Gasteiger partial charge in [0.05, 0.1) is 21.5 Å². The number of aromatic nitrogens is 2. The summed E-state index contributed by atoms with van der Waals surface area (Å²) in [7, 11) is 0. The van der Waals surface area contributed by atoms with Gasteiger partial charge in [-0.15, -0.1) is 0 Å². The maximum Gasteiger partial charge on any atom is 0.277 e. The van der Waals surface area contributed by atoms with Gasteiger partial charge in [0, 0.05) is 11.6 Å². The van der Waals surface area contributed by atoms with Crippen molar-refractivity contribution in [1.29, 1.82) is 0 Å². The van der Waals surface area contributed by atoms with Crippen LogP contribution in [0.4, 0.5) is 5.69 Å². The van der Waals surface area contributed by atoms with E-state index in [0.29, 0.717) is 5.56 Å². The van der Waals surface area contributed by atoms with Gasteiger partial charge >= 0.3 is 0 Å². The summed E-state index contributed by atoms with van der Waals surface area (Å²) >= 11 is 0. The molecule has 0 bridgehead atoms. The van der Waals surface area contributed by atoms with Crippen LogP contribution in [-0.4, -0.2) is 14.9 Å². The van der Waals surface area contributed by atoms with Gasteiger partial charge in [0.15, 0.2) is 0 Å². The topological polar surface area (TPSA) is 71.8 Å². The van der Waals surface area contributed by atoms with E-state index in [0.717, 1.165) is 28.0 Å². The van der Waals surface area contributed by atoms with E-state index < -0.39 is 0 Å². The quantitative estimate of drug-likeness (QED) is 0.436. The predicted octanol–water partition coefficient (Wildman–Crippen LogP) is 4.81. The number of nitrogens with one attached hydrogen (secondary N) is 1. The van der Waals surface area contributed by atoms with Crippen LogP contribution in [0.5, 0.6) is 0 Å². The van der Waals surface area contributed by atoms with Crippen molar-refractivity contribution >= 4 is 16.7 Å². The van der Waals surface area contributed by atoms with E-state index in [1.165, 1.54) is 6.07 Å². The predicted molar refractivity (Wildman–Crippen MR) is 93.6 cm³/mol. The summed E-state index contributed by atoms with van der Waals surface area (Å²) in [6, 6.07) is 22.2. The molecule has 3 aromatic carbocycles. The van der Waals surface area contributed by atoms with Gasteiger partial charge in [-0.05, 0) is 23.8 Å². The number of fused-ring (bicyclic) bond motifs is 1. The minimum absolute atomic E-state index is 0.0969. The van der Waals surface area contributed by atoms with E-state index in [9.17, 15) is 10.1 Å². The number of nitrogens with zero attached hydrogens (tertiary/aromatic N) is 2. The molecule has 0 aliphatic rings. The Labute approximate surface area is 137 Å². The van der Waals surface area contributed by atoms with Crippen molar-refractivity contribution in [3.05, 3.63) is 82.9 Å². The Morgan fingerprint density at radius 3 is 2.42 bits per heavy atom. The molecule has 1 aromatic heterocycles. The third kappa shape index (κ3) is 2.42. The summed E-state index contributed by atoms with van der Waals surface area (Å²) in [6.45, 7) is 0. The number of hydrogen-bond acceptors (Lipinski definition) is 3. The van der Waals surface area contributed by atoms with Gasteiger partial charge in [-0.3, -0.25) is 10.1 Å². The van der Waals surface area contributed by atoms with E-state index >= 15 is 0 Å². The Hall–Kier alpha value is -3.47. The van der Waals surface area contributed by atoms with Crippen LogP contribution in [0, 0.1) is 10.1 Å². The molecule has 5 nitrogen and oxygen atoms in total. The number of rotatable bonds is 3. The zero-order chi connectivity index (χ0) is 16.5. The van der Waals surface area contributed by atoms with Crippen molar-refractivity contribution in [1.82, 2.24) is 9.97 Å². The molecule has 0 atom stereocenters. The molecule has 0 amide bonds. The standard InChI is InChI=1S/C19H13N3O2/c23-22(24)18-9-5-4-8-15(18)14-10-11-16-17(12-14)21-19(20-16)13-6-2-1-3-7-13/h1-12H,(H,20,21). The lowest BCUT2D eigenvalue weighted by molar-refractivity contribution is -0.384. The van der Waals surface area contributed by atoms with Gasteiger partial charge in [0.25, 0.3) is 5.69 Å². The molecular formula is C19H13N3O2. The number of benzene rings is 3. The molecule has 4 aromatic rings. The summed E-state index contributed by atoms with van der Waals surface area (Å²) < 4.78 is 0. The maximum absolute atomic E-state index is 11.2. The van der Waals surface area contributed by atoms with Crippen LogP contribution in [0.25, 0.3) is 33.5 Å². The fourth-order valence-electron chi connectivity index (χ4n) is 2.79. The number of nitro benzene ring substituents is 1. The Morgan fingerprint density at radius 1 is 0.875 bits per heavy atom. The minimum atomic E-state index is -0.359. The maximum atomic E-state index is 11.2. The second kappa shape index (κ2) is 5.62. The Morgan fingerprint density at radius 2 is 1.62 bits per heavy atom. The molecule has 4 rings (SSSR count). The zero-order valence-corrected chi connectivity index (χ0v) is 12.6. The zero-order valence-electron chi connectivity index (χ0n) is 12.6. The molecule has 0 fully saturated rings. The van der Waals surface area contributed by atoms with Crippen LogP contribution in [0.1, 0.15) is 0 Å². The number of para-hydroxylation sites is 1. The summed E-state index contributed by atoms with van der Waals surface area (Å²) in [5.74, 6) is 0.783. The van der Waals surface area contributed by atoms with Crippen LogP contribution < -0.4 is 0 Å². The van der Waals surface area contributed by atoms with Crippen LogP contribution in [0.15, 0.2) is 72.8 Å². The molecule has 0 spiro atoms.